The third kappa shape index (κ3) is 4.82. The molecular formula is C19H16BrN7O2S. The lowest BCUT2D eigenvalue weighted by atomic mass is 10.1. The molecule has 0 aliphatic heterocycles. The Kier molecular flexibility index (Phi) is 6.15. The van der Waals surface area contributed by atoms with E-state index in [4.69, 9.17) is 15.3 Å². The van der Waals surface area contributed by atoms with Crippen LogP contribution < -0.4 is 10.1 Å². The number of aromatic nitrogens is 4. The summed E-state index contributed by atoms with van der Waals surface area (Å²) in [5, 5.41) is 25.7. The molecule has 0 unspecified atom stereocenters. The van der Waals surface area contributed by atoms with E-state index >= 15 is 0 Å². The summed E-state index contributed by atoms with van der Waals surface area (Å²) < 4.78 is 7.79. The van der Waals surface area contributed by atoms with Crippen molar-refractivity contribution in [1.82, 2.24) is 25.1 Å². The van der Waals surface area contributed by atoms with E-state index in [2.05, 4.69) is 42.4 Å². The summed E-state index contributed by atoms with van der Waals surface area (Å²) in [6.45, 7) is 5.04. The first kappa shape index (κ1) is 21.4. The molecule has 1 aromatic carbocycles. The molecule has 2 aromatic heterocycles. The van der Waals surface area contributed by atoms with Crippen molar-refractivity contribution in [3.05, 3.63) is 51.5 Å². The van der Waals surface area contributed by atoms with Crippen LogP contribution >= 0.6 is 27.3 Å². The van der Waals surface area contributed by atoms with E-state index in [1.165, 1.54) is 28.5 Å². The molecule has 0 saturated heterocycles. The number of nitriles is 2. The first-order valence-corrected chi connectivity index (χ1v) is 10.3. The lowest BCUT2D eigenvalue weighted by Gasteiger charge is -2.19. The van der Waals surface area contributed by atoms with Gasteiger partial charge < -0.3 is 10.1 Å². The summed E-state index contributed by atoms with van der Waals surface area (Å²) in [6, 6.07) is 8.50. The molecule has 0 saturated carbocycles. The van der Waals surface area contributed by atoms with Gasteiger partial charge in [-0.25, -0.2) is 9.97 Å². The molecule has 3 aromatic rings. The SMILES string of the molecule is C[C@H](NC(=O)c1cc(Br)cc(OC(C)(C)C#N)c1)c1ncnn1-c1ncc(C#N)s1. The highest BCUT2D eigenvalue weighted by Crippen LogP contribution is 2.26. The van der Waals surface area contributed by atoms with Gasteiger partial charge in [-0.3, -0.25) is 4.79 Å². The maximum atomic E-state index is 12.8. The summed E-state index contributed by atoms with van der Waals surface area (Å²) in [5.74, 6) is 0.512. The van der Waals surface area contributed by atoms with Crippen LogP contribution in [0.4, 0.5) is 0 Å². The molecular weight excluding hydrogens is 470 g/mol. The molecule has 2 heterocycles. The van der Waals surface area contributed by atoms with Crippen LogP contribution in [0.2, 0.25) is 0 Å². The Labute approximate surface area is 185 Å². The fourth-order valence-electron chi connectivity index (χ4n) is 2.52. The average molecular weight is 486 g/mol. The number of benzene rings is 1. The van der Waals surface area contributed by atoms with Crippen molar-refractivity contribution in [2.75, 3.05) is 0 Å². The highest BCUT2D eigenvalue weighted by molar-refractivity contribution is 9.10. The fraction of sp³-hybridized carbons (Fsp3) is 0.263. The van der Waals surface area contributed by atoms with E-state index in [1.807, 2.05) is 6.07 Å². The number of halogens is 1. The van der Waals surface area contributed by atoms with Gasteiger partial charge in [-0.1, -0.05) is 27.3 Å². The van der Waals surface area contributed by atoms with E-state index in [0.717, 1.165) is 0 Å². The van der Waals surface area contributed by atoms with E-state index in [9.17, 15) is 4.79 Å². The van der Waals surface area contributed by atoms with Gasteiger partial charge in [0.1, 0.15) is 29.1 Å². The minimum absolute atomic E-state index is 0.352. The zero-order chi connectivity index (χ0) is 21.9. The first-order valence-electron chi connectivity index (χ1n) is 8.70. The lowest BCUT2D eigenvalue weighted by molar-refractivity contribution is 0.0936. The van der Waals surface area contributed by atoms with Crippen molar-refractivity contribution < 1.29 is 9.53 Å². The summed E-state index contributed by atoms with van der Waals surface area (Å²) in [6.07, 6.45) is 2.82. The Hall–Kier alpha value is -3.28. The summed E-state index contributed by atoms with van der Waals surface area (Å²) in [7, 11) is 0. The predicted molar refractivity (Wildman–Crippen MR) is 112 cm³/mol. The quantitative estimate of drug-likeness (QED) is 0.564. The van der Waals surface area contributed by atoms with Gasteiger partial charge in [0, 0.05) is 10.0 Å². The van der Waals surface area contributed by atoms with Crippen LogP contribution in [-0.2, 0) is 0 Å². The van der Waals surface area contributed by atoms with Crippen molar-refractivity contribution in [2.45, 2.75) is 32.4 Å². The highest BCUT2D eigenvalue weighted by Gasteiger charge is 2.22. The summed E-state index contributed by atoms with van der Waals surface area (Å²) >= 11 is 4.54. The number of ether oxygens (including phenoxy) is 1. The molecule has 30 heavy (non-hydrogen) atoms. The van der Waals surface area contributed by atoms with Crippen molar-refractivity contribution in [1.29, 1.82) is 10.5 Å². The molecule has 0 bridgehead atoms. The second kappa shape index (κ2) is 8.61. The number of nitrogens with zero attached hydrogens (tertiary/aromatic N) is 6. The Morgan fingerprint density at radius 2 is 2.10 bits per heavy atom. The second-order valence-electron chi connectivity index (χ2n) is 6.74. The normalized spacial score (nSPS) is 11.9. The van der Waals surface area contributed by atoms with Crippen LogP contribution in [0, 0.1) is 22.7 Å². The van der Waals surface area contributed by atoms with E-state index in [-0.39, 0.29) is 5.91 Å². The molecule has 0 aliphatic rings. The van der Waals surface area contributed by atoms with Crippen molar-refractivity contribution >= 4 is 33.2 Å². The van der Waals surface area contributed by atoms with Gasteiger partial charge in [0.2, 0.25) is 5.13 Å². The third-order valence-corrected chi connectivity index (χ3v) is 5.21. The van der Waals surface area contributed by atoms with Gasteiger partial charge in [-0.15, -0.1) is 0 Å². The molecule has 0 spiro atoms. The van der Waals surface area contributed by atoms with Gasteiger partial charge in [0.15, 0.2) is 11.4 Å². The standard InChI is InChI=1S/C19H16BrN7O2S/c1-11(16-24-10-25-27(16)18-23-8-15(7-21)30-18)26-17(28)12-4-13(20)6-14(5-12)29-19(2,3)9-22/h4-6,8,10-11H,1-3H3,(H,26,28)/t11-/m0/s1. The van der Waals surface area contributed by atoms with Crippen LogP contribution in [0.5, 0.6) is 5.75 Å². The maximum Gasteiger partial charge on any atom is 0.252 e. The number of amides is 1. The summed E-state index contributed by atoms with van der Waals surface area (Å²) in [4.78, 5) is 21.7. The summed E-state index contributed by atoms with van der Waals surface area (Å²) in [5.41, 5.74) is -0.680. The number of thiazole rings is 1. The number of nitrogens with one attached hydrogen (secondary N) is 1. The lowest BCUT2D eigenvalue weighted by Crippen LogP contribution is -2.29. The minimum Gasteiger partial charge on any atom is -0.473 e. The number of carbonyl (C=O) groups is 1. The van der Waals surface area contributed by atoms with Crippen LogP contribution in [-0.4, -0.2) is 31.3 Å². The number of carbonyl (C=O) groups excluding carboxylic acids is 1. The van der Waals surface area contributed by atoms with Crippen molar-refractivity contribution in [3.63, 3.8) is 0 Å². The molecule has 0 fully saturated rings. The van der Waals surface area contributed by atoms with E-state index in [0.29, 0.717) is 31.6 Å². The van der Waals surface area contributed by atoms with Crippen molar-refractivity contribution in [2.24, 2.45) is 0 Å². The number of rotatable bonds is 6. The molecule has 0 radical (unpaired) electrons. The van der Waals surface area contributed by atoms with Crippen LogP contribution in [0.1, 0.15) is 47.9 Å². The molecule has 11 heteroatoms. The monoisotopic (exact) mass is 485 g/mol. The Balaban J connectivity index is 1.80. The van der Waals surface area contributed by atoms with Gasteiger partial charge in [0.05, 0.1) is 12.2 Å². The largest absolute Gasteiger partial charge is 0.473 e. The molecule has 1 atom stereocenters. The van der Waals surface area contributed by atoms with E-state index < -0.39 is 11.6 Å². The fourth-order valence-corrected chi connectivity index (χ4v) is 3.67. The predicted octanol–water partition coefficient (Wildman–Crippen LogP) is 3.53. The van der Waals surface area contributed by atoms with Crippen LogP contribution in [0.25, 0.3) is 5.13 Å². The zero-order valence-corrected chi connectivity index (χ0v) is 18.7. The van der Waals surface area contributed by atoms with Gasteiger partial charge in [-0.05, 0) is 39.0 Å². The topological polar surface area (TPSA) is 130 Å². The highest BCUT2D eigenvalue weighted by atomic mass is 79.9. The molecule has 1 N–H and O–H groups in total. The maximum absolute atomic E-state index is 12.8. The Morgan fingerprint density at radius 3 is 2.77 bits per heavy atom. The Morgan fingerprint density at radius 1 is 1.33 bits per heavy atom. The minimum atomic E-state index is -1.03. The van der Waals surface area contributed by atoms with E-state index in [1.54, 1.807) is 39.0 Å². The van der Waals surface area contributed by atoms with Crippen LogP contribution in [0.15, 0.2) is 35.2 Å². The third-order valence-electron chi connectivity index (χ3n) is 3.87. The molecule has 152 valence electrons. The van der Waals surface area contributed by atoms with Gasteiger partial charge in [0.25, 0.3) is 5.91 Å². The van der Waals surface area contributed by atoms with Gasteiger partial charge >= 0.3 is 0 Å². The molecule has 1 amide bonds. The number of hydrogen-bond donors (Lipinski definition) is 1. The van der Waals surface area contributed by atoms with Crippen molar-refractivity contribution in [3.8, 4) is 23.0 Å². The van der Waals surface area contributed by atoms with Gasteiger partial charge in [-0.2, -0.15) is 20.3 Å². The molecule has 0 aliphatic carbocycles. The zero-order valence-electron chi connectivity index (χ0n) is 16.3. The average Bonchev–Trinajstić information content (AvgIpc) is 3.36. The molecule has 9 nitrogen and oxygen atoms in total. The van der Waals surface area contributed by atoms with Crippen LogP contribution in [0.3, 0.4) is 0 Å². The second-order valence-corrected chi connectivity index (χ2v) is 8.67. The number of hydrogen-bond acceptors (Lipinski definition) is 8. The molecule has 3 rings (SSSR count). The Bertz CT molecular complexity index is 1170. The smallest absolute Gasteiger partial charge is 0.252 e. The first-order chi connectivity index (χ1) is 14.2.